The predicted octanol–water partition coefficient (Wildman–Crippen LogP) is 12.7. The van der Waals surface area contributed by atoms with Gasteiger partial charge in [-0.2, -0.15) is 0 Å². The van der Waals surface area contributed by atoms with Crippen LogP contribution in [-0.4, -0.2) is 36.2 Å². The Bertz CT molecular complexity index is 1260. The van der Waals surface area contributed by atoms with Crippen molar-refractivity contribution in [1.82, 2.24) is 0 Å². The Hall–Kier alpha value is -3.71. The first-order valence-electron chi connectivity index (χ1n) is 21.1. The highest BCUT2D eigenvalue weighted by atomic mass is 16.6. The summed E-state index contributed by atoms with van der Waals surface area (Å²) < 4.78 is 16.2. The lowest BCUT2D eigenvalue weighted by Gasteiger charge is -2.12. The van der Waals surface area contributed by atoms with Crippen molar-refractivity contribution in [2.24, 2.45) is 0 Å². The Morgan fingerprint density at radius 3 is 1.48 bits per heavy atom. The highest BCUT2D eigenvalue weighted by Gasteiger charge is 2.15. The number of allylic oxidation sites excluding steroid dienone is 8. The van der Waals surface area contributed by atoms with Crippen molar-refractivity contribution in [3.63, 3.8) is 0 Å². The quantitative estimate of drug-likeness (QED) is 0.0246. The molecule has 1 rings (SSSR count). The number of aliphatic hydroxyl groups is 1. The Kier molecular flexibility index (Phi) is 32.5. The number of benzene rings is 1. The zero-order chi connectivity index (χ0) is 39.2. The number of carbonyl (C=O) groups excluding carboxylic acids is 3. The van der Waals surface area contributed by atoms with Gasteiger partial charge in [0.05, 0.1) is 6.61 Å². The summed E-state index contributed by atoms with van der Waals surface area (Å²) >= 11 is 0. The number of unbranched alkanes of at least 4 members (excludes halogenated alkanes) is 16. The van der Waals surface area contributed by atoms with Gasteiger partial charge in [0.15, 0.2) is 11.5 Å². The van der Waals surface area contributed by atoms with Gasteiger partial charge in [0.1, 0.15) is 6.61 Å². The Labute approximate surface area is 328 Å². The molecule has 0 fully saturated rings. The first kappa shape index (κ1) is 48.3. The second-order valence-corrected chi connectivity index (χ2v) is 13.8. The van der Waals surface area contributed by atoms with Gasteiger partial charge in [-0.3, -0.25) is 9.59 Å². The van der Waals surface area contributed by atoms with Crippen LogP contribution in [-0.2, 0) is 19.1 Å². The van der Waals surface area contributed by atoms with E-state index in [0.29, 0.717) is 5.56 Å². The van der Waals surface area contributed by atoms with Crippen molar-refractivity contribution in [3.05, 3.63) is 78.4 Å². The minimum absolute atomic E-state index is 0.0934. The van der Waals surface area contributed by atoms with Crippen molar-refractivity contribution in [2.45, 2.75) is 168 Å². The van der Waals surface area contributed by atoms with Crippen molar-refractivity contribution in [2.75, 3.05) is 13.2 Å². The summed E-state index contributed by atoms with van der Waals surface area (Å²) in [6, 6.07) is 4.83. The van der Waals surface area contributed by atoms with Crippen molar-refractivity contribution < 1.29 is 33.7 Å². The second-order valence-electron chi connectivity index (χ2n) is 13.8. The molecule has 7 heteroatoms. The molecule has 0 bridgehead atoms. The SMILES string of the molecule is CCCCCC=CCC=CCCCCCCCC(=O)Oc1cc(/C=C/C(=O)OCCO)ccc1OC(=O)CCCCCCC/C=C\C/C=C\CCCCC. The number of esters is 3. The zero-order valence-corrected chi connectivity index (χ0v) is 33.8. The number of hydrogen-bond acceptors (Lipinski definition) is 7. The molecule has 0 heterocycles. The molecule has 0 unspecified atom stereocenters. The molecule has 1 aromatic rings. The molecule has 0 saturated carbocycles. The number of rotatable bonds is 34. The first-order valence-corrected chi connectivity index (χ1v) is 21.1. The van der Waals surface area contributed by atoms with E-state index in [2.05, 4.69) is 62.5 Å². The van der Waals surface area contributed by atoms with Gasteiger partial charge in [-0.25, -0.2) is 4.79 Å². The molecule has 0 aliphatic carbocycles. The van der Waals surface area contributed by atoms with E-state index in [9.17, 15) is 14.4 Å². The van der Waals surface area contributed by atoms with E-state index in [1.54, 1.807) is 18.2 Å². The lowest BCUT2D eigenvalue weighted by atomic mass is 10.1. The molecular formula is C47H72O7. The minimum Gasteiger partial charge on any atom is -0.460 e. The lowest BCUT2D eigenvalue weighted by molar-refractivity contribution is -0.138. The molecule has 1 N–H and O–H groups in total. The molecule has 0 atom stereocenters. The molecule has 0 amide bonds. The zero-order valence-electron chi connectivity index (χ0n) is 33.8. The standard InChI is InChI=1S/C47H72O7/c1-3-5-7-9-11-13-15-17-19-21-23-25-27-29-31-33-46(50)53-43-37-35-42(36-38-45(49)52-40-39-48)41-44(43)54-47(51)34-32-30-28-26-24-22-20-18-16-14-12-10-8-6-4-2/h11-14,17-20,35-38,41,48H,3-10,15-16,21-34,39-40H2,1-2H3/b13-11-,14-12?,19-17-,20-18?,38-36+. The van der Waals surface area contributed by atoms with E-state index in [1.165, 1.54) is 63.5 Å². The topological polar surface area (TPSA) is 99.1 Å². The maximum Gasteiger partial charge on any atom is 0.330 e. The molecule has 7 nitrogen and oxygen atoms in total. The van der Waals surface area contributed by atoms with Crippen LogP contribution < -0.4 is 9.47 Å². The summed E-state index contributed by atoms with van der Waals surface area (Å²) in [6.45, 7) is 4.10. The largest absolute Gasteiger partial charge is 0.460 e. The third-order valence-corrected chi connectivity index (χ3v) is 8.83. The van der Waals surface area contributed by atoms with Gasteiger partial charge in [0.2, 0.25) is 0 Å². The van der Waals surface area contributed by atoms with E-state index < -0.39 is 11.9 Å². The van der Waals surface area contributed by atoms with Crippen LogP contribution >= 0.6 is 0 Å². The molecule has 0 aromatic heterocycles. The van der Waals surface area contributed by atoms with E-state index in [1.807, 2.05) is 0 Å². The monoisotopic (exact) mass is 749 g/mol. The van der Waals surface area contributed by atoms with Gasteiger partial charge in [-0.15, -0.1) is 0 Å². The molecule has 0 aliphatic rings. The van der Waals surface area contributed by atoms with Crippen LogP contribution in [0.4, 0.5) is 0 Å². The third-order valence-electron chi connectivity index (χ3n) is 8.83. The normalized spacial score (nSPS) is 11.9. The molecule has 1 aromatic carbocycles. The summed E-state index contributed by atoms with van der Waals surface area (Å²) in [6.07, 6.45) is 45.6. The van der Waals surface area contributed by atoms with E-state index in [4.69, 9.17) is 19.3 Å². The Morgan fingerprint density at radius 2 is 1.00 bits per heavy atom. The molecule has 54 heavy (non-hydrogen) atoms. The van der Waals surface area contributed by atoms with Crippen molar-refractivity contribution in [3.8, 4) is 11.5 Å². The number of ether oxygens (including phenoxy) is 3. The fourth-order valence-corrected chi connectivity index (χ4v) is 5.66. The fraction of sp³-hybridized carbons (Fsp3) is 0.596. The van der Waals surface area contributed by atoms with Crippen LogP contribution in [0, 0.1) is 0 Å². The number of carbonyl (C=O) groups is 3. The number of aliphatic hydroxyl groups excluding tert-OH is 1. The van der Waals surface area contributed by atoms with Gasteiger partial charge in [0, 0.05) is 18.9 Å². The van der Waals surface area contributed by atoms with Gasteiger partial charge < -0.3 is 19.3 Å². The summed E-state index contributed by atoms with van der Waals surface area (Å²) in [5.41, 5.74) is 0.573. The highest BCUT2D eigenvalue weighted by Crippen LogP contribution is 2.30. The van der Waals surface area contributed by atoms with Crippen LogP contribution in [0.3, 0.4) is 0 Å². The molecule has 0 saturated heterocycles. The molecule has 0 aliphatic heterocycles. The summed E-state index contributed by atoms with van der Waals surface area (Å²) in [7, 11) is 0. The predicted molar refractivity (Wildman–Crippen MR) is 224 cm³/mol. The van der Waals surface area contributed by atoms with Crippen LogP contribution in [0.5, 0.6) is 11.5 Å². The maximum absolute atomic E-state index is 12.8. The van der Waals surface area contributed by atoms with Gasteiger partial charge in [0.25, 0.3) is 0 Å². The summed E-state index contributed by atoms with van der Waals surface area (Å²) in [4.78, 5) is 37.4. The van der Waals surface area contributed by atoms with Crippen LogP contribution in [0.15, 0.2) is 72.9 Å². The highest BCUT2D eigenvalue weighted by molar-refractivity contribution is 5.87. The first-order chi connectivity index (χ1) is 26.5. The molecular weight excluding hydrogens is 677 g/mol. The third kappa shape index (κ3) is 29.7. The van der Waals surface area contributed by atoms with Gasteiger partial charge >= 0.3 is 17.9 Å². The Balaban J connectivity index is 2.46. The summed E-state index contributed by atoms with van der Waals surface area (Å²) in [5.74, 6) is -1.05. The minimum atomic E-state index is -0.600. The lowest BCUT2D eigenvalue weighted by Crippen LogP contribution is -2.12. The number of hydrogen-bond donors (Lipinski definition) is 1. The average molecular weight is 749 g/mol. The average Bonchev–Trinajstić information content (AvgIpc) is 3.17. The molecule has 0 spiro atoms. The van der Waals surface area contributed by atoms with Crippen LogP contribution in [0.1, 0.15) is 174 Å². The van der Waals surface area contributed by atoms with Crippen molar-refractivity contribution >= 4 is 24.0 Å². The smallest absolute Gasteiger partial charge is 0.330 e. The van der Waals surface area contributed by atoms with Crippen molar-refractivity contribution in [1.29, 1.82) is 0 Å². The second kappa shape index (κ2) is 36.3. The van der Waals surface area contributed by atoms with E-state index >= 15 is 0 Å². The molecule has 302 valence electrons. The maximum atomic E-state index is 12.8. The Morgan fingerprint density at radius 1 is 0.556 bits per heavy atom. The van der Waals surface area contributed by atoms with Gasteiger partial charge in [-0.05, 0) is 101 Å². The fourth-order valence-electron chi connectivity index (χ4n) is 5.66. The summed E-state index contributed by atoms with van der Waals surface area (Å²) in [5, 5.41) is 8.87. The van der Waals surface area contributed by atoms with Crippen LogP contribution in [0.2, 0.25) is 0 Å². The van der Waals surface area contributed by atoms with E-state index in [0.717, 1.165) is 89.9 Å². The van der Waals surface area contributed by atoms with Gasteiger partial charge in [-0.1, -0.05) is 133 Å². The molecule has 0 radical (unpaired) electrons. The van der Waals surface area contributed by atoms with Crippen LogP contribution in [0.25, 0.3) is 6.08 Å². The van der Waals surface area contributed by atoms with E-state index in [-0.39, 0.29) is 43.5 Å².